The van der Waals surface area contributed by atoms with Gasteiger partial charge in [0.2, 0.25) is 0 Å². The molecule has 0 saturated carbocycles. The molecular weight excluding hydrogens is 307 g/mol. The van der Waals surface area contributed by atoms with E-state index in [1.54, 1.807) is 0 Å². The first-order valence-corrected chi connectivity index (χ1v) is 8.29. The molecule has 0 aliphatic rings. The van der Waals surface area contributed by atoms with Gasteiger partial charge in [-0.2, -0.15) is 10.2 Å². The van der Waals surface area contributed by atoms with Gasteiger partial charge < -0.3 is 0 Å². The molecule has 121 valence electrons. The van der Waals surface area contributed by atoms with E-state index in [-0.39, 0.29) is 0 Å². The van der Waals surface area contributed by atoms with Crippen LogP contribution in [0.1, 0.15) is 11.4 Å². The summed E-state index contributed by atoms with van der Waals surface area (Å²) in [5.74, 6) is 0. The largest absolute Gasteiger partial charge is 0.438 e. The fraction of sp³-hybridized carbons (Fsp3) is 0.100. The van der Waals surface area contributed by atoms with Crippen LogP contribution >= 0.6 is 0 Å². The number of nitrogens with zero attached hydrogens (tertiary/aromatic N) is 4. The standard InChI is InChI=1S/C20H18BN4/c1-15-13-20(18-11-7-4-8-12-18)25(22-15)21-24-16(2)14-19(23-24)17-9-5-3-6-10-17/h3-14H,1-2H3. The van der Waals surface area contributed by atoms with E-state index in [0.29, 0.717) is 0 Å². The second-order valence-corrected chi connectivity index (χ2v) is 6.08. The molecule has 0 aliphatic heterocycles. The first-order valence-electron chi connectivity index (χ1n) is 8.29. The highest BCUT2D eigenvalue weighted by Crippen LogP contribution is 2.21. The third kappa shape index (κ3) is 3.13. The van der Waals surface area contributed by atoms with Gasteiger partial charge in [-0.3, -0.25) is 9.19 Å². The predicted molar refractivity (Wildman–Crippen MR) is 101 cm³/mol. The third-order valence-electron chi connectivity index (χ3n) is 4.14. The fourth-order valence-corrected chi connectivity index (χ4v) is 2.89. The lowest BCUT2D eigenvalue weighted by Gasteiger charge is -2.07. The normalized spacial score (nSPS) is 10.8. The zero-order valence-corrected chi connectivity index (χ0v) is 14.3. The van der Waals surface area contributed by atoms with Gasteiger partial charge in [-0.05, 0) is 31.5 Å². The Morgan fingerprint density at radius 1 is 0.720 bits per heavy atom. The first-order chi connectivity index (χ1) is 12.2. The molecule has 0 unspecified atom stereocenters. The summed E-state index contributed by atoms with van der Waals surface area (Å²) in [5, 5.41) is 9.33. The minimum atomic E-state index is 0.958. The smallest absolute Gasteiger partial charge is 0.289 e. The van der Waals surface area contributed by atoms with E-state index in [1.165, 1.54) is 0 Å². The zero-order chi connectivity index (χ0) is 17.2. The summed E-state index contributed by atoms with van der Waals surface area (Å²) in [6.07, 6.45) is 0. The SMILES string of the molecule is Cc1cc(-c2ccccc2)n([B]n2nc(-c3ccccc3)cc2C)n1. The highest BCUT2D eigenvalue weighted by molar-refractivity contribution is 6.32. The second kappa shape index (κ2) is 6.44. The van der Waals surface area contributed by atoms with Crippen LogP contribution in [0, 0.1) is 13.8 Å². The molecule has 0 aliphatic carbocycles. The van der Waals surface area contributed by atoms with E-state index in [2.05, 4.69) is 48.4 Å². The molecule has 0 amide bonds. The monoisotopic (exact) mass is 325 g/mol. The van der Waals surface area contributed by atoms with E-state index in [9.17, 15) is 0 Å². The van der Waals surface area contributed by atoms with Gasteiger partial charge in [0.05, 0.1) is 17.1 Å². The third-order valence-corrected chi connectivity index (χ3v) is 4.14. The lowest BCUT2D eigenvalue weighted by atomic mass is 10.1. The summed E-state index contributed by atoms with van der Waals surface area (Å²) >= 11 is 0. The van der Waals surface area contributed by atoms with Crippen molar-refractivity contribution in [1.29, 1.82) is 0 Å². The number of hydrogen-bond donors (Lipinski definition) is 0. The van der Waals surface area contributed by atoms with Gasteiger partial charge in [-0.15, -0.1) is 0 Å². The molecule has 5 heteroatoms. The van der Waals surface area contributed by atoms with Crippen LogP contribution in [0.25, 0.3) is 22.5 Å². The molecular formula is C20H18BN4. The van der Waals surface area contributed by atoms with Gasteiger partial charge in [0.15, 0.2) is 0 Å². The fourth-order valence-electron chi connectivity index (χ4n) is 2.89. The first kappa shape index (κ1) is 15.5. The highest BCUT2D eigenvalue weighted by atomic mass is 15.3. The van der Waals surface area contributed by atoms with Crippen LogP contribution < -0.4 is 0 Å². The molecule has 0 atom stereocenters. The Balaban J connectivity index is 1.69. The number of hydrogen-bond acceptors (Lipinski definition) is 2. The molecule has 2 heterocycles. The maximum Gasteiger partial charge on any atom is 0.438 e. The predicted octanol–water partition coefficient (Wildman–Crippen LogP) is 3.96. The van der Waals surface area contributed by atoms with Crippen LogP contribution in [-0.2, 0) is 0 Å². The molecule has 4 rings (SSSR count). The number of aromatic nitrogens is 4. The van der Waals surface area contributed by atoms with E-state index < -0.39 is 0 Å². The Bertz CT molecular complexity index is 987. The van der Waals surface area contributed by atoms with Crippen molar-refractivity contribution in [3.05, 3.63) is 84.2 Å². The Labute approximate surface area is 148 Å². The quantitative estimate of drug-likeness (QED) is 0.532. The summed E-state index contributed by atoms with van der Waals surface area (Å²) in [4.78, 5) is 0. The maximum absolute atomic E-state index is 4.72. The molecule has 0 saturated heterocycles. The van der Waals surface area contributed by atoms with Gasteiger partial charge in [-0.25, -0.2) is 0 Å². The van der Waals surface area contributed by atoms with Crippen LogP contribution in [-0.4, -0.2) is 26.9 Å². The van der Waals surface area contributed by atoms with Crippen molar-refractivity contribution in [3.8, 4) is 22.5 Å². The average molecular weight is 325 g/mol. The van der Waals surface area contributed by atoms with E-state index in [1.807, 2.05) is 60.1 Å². The van der Waals surface area contributed by atoms with Crippen LogP contribution in [0.15, 0.2) is 72.8 Å². The molecule has 25 heavy (non-hydrogen) atoms. The Morgan fingerprint density at radius 2 is 1.36 bits per heavy atom. The van der Waals surface area contributed by atoms with Gasteiger partial charge in [0.25, 0.3) is 0 Å². The van der Waals surface area contributed by atoms with Gasteiger partial charge in [-0.1, -0.05) is 60.7 Å². The molecule has 0 bridgehead atoms. The molecule has 0 fully saturated rings. The molecule has 4 aromatic rings. The van der Waals surface area contributed by atoms with Crippen molar-refractivity contribution in [1.82, 2.24) is 19.4 Å². The number of benzene rings is 2. The van der Waals surface area contributed by atoms with Crippen molar-refractivity contribution in [2.24, 2.45) is 0 Å². The lowest BCUT2D eigenvalue weighted by molar-refractivity contribution is 0.861. The minimum absolute atomic E-state index is 0.958. The summed E-state index contributed by atoms with van der Waals surface area (Å²) in [5.41, 5.74) is 6.29. The summed E-state index contributed by atoms with van der Waals surface area (Å²) < 4.78 is 3.76. The van der Waals surface area contributed by atoms with E-state index in [0.717, 1.165) is 33.9 Å². The van der Waals surface area contributed by atoms with Gasteiger partial charge in [0.1, 0.15) is 0 Å². The number of aryl methyl sites for hydroxylation is 2. The van der Waals surface area contributed by atoms with Gasteiger partial charge >= 0.3 is 7.55 Å². The average Bonchev–Trinajstić information content (AvgIpc) is 3.20. The maximum atomic E-state index is 4.72. The molecule has 0 spiro atoms. The van der Waals surface area contributed by atoms with Crippen molar-refractivity contribution in [2.45, 2.75) is 13.8 Å². The van der Waals surface area contributed by atoms with Crippen LogP contribution in [0.5, 0.6) is 0 Å². The molecule has 2 aromatic heterocycles. The van der Waals surface area contributed by atoms with Crippen LogP contribution in [0.3, 0.4) is 0 Å². The van der Waals surface area contributed by atoms with Crippen molar-refractivity contribution in [2.75, 3.05) is 0 Å². The minimum Gasteiger partial charge on any atom is -0.289 e. The molecule has 4 nitrogen and oxygen atoms in total. The van der Waals surface area contributed by atoms with E-state index in [4.69, 9.17) is 5.10 Å². The lowest BCUT2D eigenvalue weighted by Crippen LogP contribution is -2.21. The zero-order valence-electron chi connectivity index (χ0n) is 14.3. The Hall–Kier alpha value is -3.08. The Kier molecular flexibility index (Phi) is 3.98. The molecule has 0 N–H and O–H groups in total. The van der Waals surface area contributed by atoms with Crippen LogP contribution in [0.2, 0.25) is 0 Å². The number of rotatable bonds is 4. The van der Waals surface area contributed by atoms with E-state index >= 15 is 0 Å². The molecule has 1 radical (unpaired) electrons. The second-order valence-electron chi connectivity index (χ2n) is 6.08. The van der Waals surface area contributed by atoms with Crippen LogP contribution in [0.4, 0.5) is 0 Å². The Morgan fingerprint density at radius 3 is 2.04 bits per heavy atom. The van der Waals surface area contributed by atoms with Crippen molar-refractivity contribution in [3.63, 3.8) is 0 Å². The highest BCUT2D eigenvalue weighted by Gasteiger charge is 2.14. The summed E-state index contributed by atoms with van der Waals surface area (Å²) in [6.45, 7) is 4.05. The topological polar surface area (TPSA) is 35.6 Å². The summed E-state index contributed by atoms with van der Waals surface area (Å²) in [6, 6.07) is 24.6. The molecule has 2 aromatic carbocycles. The summed E-state index contributed by atoms with van der Waals surface area (Å²) in [7, 11) is 1.93. The van der Waals surface area contributed by atoms with Gasteiger partial charge in [0, 0.05) is 11.3 Å². The van der Waals surface area contributed by atoms with Crippen molar-refractivity contribution >= 4 is 7.55 Å². The van der Waals surface area contributed by atoms with Crippen molar-refractivity contribution < 1.29 is 0 Å².